The minimum Gasteiger partial charge on any atom is -0.453 e. The van der Waals surface area contributed by atoms with E-state index in [1.165, 1.54) is 0 Å². The zero-order chi connectivity index (χ0) is 48.3. The van der Waals surface area contributed by atoms with Gasteiger partial charge in [-0.1, -0.05) is 109 Å². The molecule has 3 heterocycles. The molecule has 13 rings (SSSR count). The summed E-state index contributed by atoms with van der Waals surface area (Å²) in [5, 5.41) is 0. The highest BCUT2D eigenvalue weighted by Gasteiger charge is 2.30. The predicted molar refractivity (Wildman–Crippen MR) is 280 cm³/mol. The Kier molecular flexibility index (Phi) is 10.1. The zero-order valence-corrected chi connectivity index (χ0v) is 38.3. The van der Waals surface area contributed by atoms with Crippen molar-refractivity contribution in [3.8, 4) is 34.5 Å². The summed E-state index contributed by atoms with van der Waals surface area (Å²) in [7, 11) is 0. The van der Waals surface area contributed by atoms with Crippen LogP contribution in [0.3, 0.4) is 0 Å². The van der Waals surface area contributed by atoms with Crippen LogP contribution in [0.1, 0.15) is 47.8 Å². The van der Waals surface area contributed by atoms with Crippen molar-refractivity contribution in [3.05, 3.63) is 270 Å². The average molecular weight is 934 g/mol. The van der Waals surface area contributed by atoms with Crippen LogP contribution in [0.5, 0.6) is 34.5 Å². The first kappa shape index (κ1) is 42.1. The Morgan fingerprint density at radius 2 is 0.458 bits per heavy atom. The Labute approximate surface area is 414 Å². The monoisotopic (exact) mass is 933 g/mol. The fraction of sp³-hybridized carbons (Fsp3) is 0. The third-order valence-electron chi connectivity index (χ3n) is 13.1. The van der Waals surface area contributed by atoms with Crippen LogP contribution in [-0.4, -0.2) is 17.3 Å². The molecular weight excluding hydrogens is 895 g/mol. The van der Waals surface area contributed by atoms with E-state index in [4.69, 9.17) is 14.2 Å². The van der Waals surface area contributed by atoms with Gasteiger partial charge in [0.25, 0.3) is 0 Å². The molecule has 0 unspecified atom stereocenters. The molecule has 0 amide bonds. The summed E-state index contributed by atoms with van der Waals surface area (Å²) in [6.07, 6.45) is 0. The van der Waals surface area contributed by atoms with Gasteiger partial charge in [-0.15, -0.1) is 0 Å². The zero-order valence-electron chi connectivity index (χ0n) is 38.3. The van der Waals surface area contributed by atoms with E-state index in [1.54, 1.807) is 36.4 Å². The van der Waals surface area contributed by atoms with Crippen LogP contribution < -0.4 is 28.9 Å². The summed E-state index contributed by atoms with van der Waals surface area (Å²) in [4.78, 5) is 51.4. The molecule has 0 saturated carbocycles. The largest absolute Gasteiger partial charge is 0.453 e. The maximum absolute atomic E-state index is 15.1. The fourth-order valence-corrected chi connectivity index (χ4v) is 9.83. The molecule has 0 N–H and O–H groups in total. The van der Waals surface area contributed by atoms with Gasteiger partial charge in [0.2, 0.25) is 0 Å². The van der Waals surface area contributed by atoms with E-state index in [2.05, 4.69) is 14.7 Å². The number of rotatable bonds is 9. The second-order valence-corrected chi connectivity index (χ2v) is 17.6. The van der Waals surface area contributed by atoms with Crippen molar-refractivity contribution < 1.29 is 28.6 Å². The molecule has 0 atom stereocenters. The Morgan fingerprint density at radius 3 is 0.694 bits per heavy atom. The first-order valence-electron chi connectivity index (χ1n) is 23.5. The van der Waals surface area contributed by atoms with Gasteiger partial charge in [-0.2, -0.15) is 0 Å². The fourth-order valence-electron chi connectivity index (χ4n) is 9.83. The maximum Gasteiger partial charge on any atom is 0.193 e. The number of hydrogen-bond acceptors (Lipinski definition) is 9. The van der Waals surface area contributed by atoms with E-state index in [9.17, 15) is 0 Å². The van der Waals surface area contributed by atoms with E-state index in [1.807, 2.05) is 200 Å². The summed E-state index contributed by atoms with van der Waals surface area (Å²) in [6, 6.07) is 73.4. The molecule has 0 aromatic heterocycles. The van der Waals surface area contributed by atoms with Gasteiger partial charge in [0.1, 0.15) is 0 Å². The molecule has 0 aliphatic carbocycles. The minimum atomic E-state index is -0.360. The highest BCUT2D eigenvalue weighted by Crippen LogP contribution is 2.53. The molecule has 3 aliphatic heterocycles. The van der Waals surface area contributed by atoms with E-state index in [-0.39, 0.29) is 34.0 Å². The Morgan fingerprint density at radius 1 is 0.236 bits per heavy atom. The van der Waals surface area contributed by atoms with Gasteiger partial charge in [-0.25, -0.2) is 0 Å². The number of ketones is 3. The highest BCUT2D eigenvalue weighted by molar-refractivity contribution is 6.18. The van der Waals surface area contributed by atoms with Gasteiger partial charge >= 0.3 is 0 Å². The molecule has 342 valence electrons. The van der Waals surface area contributed by atoms with Crippen molar-refractivity contribution in [1.82, 2.24) is 0 Å². The van der Waals surface area contributed by atoms with Gasteiger partial charge < -0.3 is 28.9 Å². The van der Waals surface area contributed by atoms with Crippen molar-refractivity contribution in [2.45, 2.75) is 0 Å². The number of hydrogen-bond donors (Lipinski definition) is 0. The summed E-state index contributed by atoms with van der Waals surface area (Å²) in [5.74, 6) is 3.00. The molecule has 72 heavy (non-hydrogen) atoms. The van der Waals surface area contributed by atoms with Crippen LogP contribution in [-0.2, 0) is 0 Å². The van der Waals surface area contributed by atoms with E-state index < -0.39 is 0 Å². The molecule has 3 aliphatic rings. The first-order chi connectivity index (χ1) is 35.4. The van der Waals surface area contributed by atoms with Crippen molar-refractivity contribution >= 4 is 68.5 Å². The van der Waals surface area contributed by atoms with Gasteiger partial charge in [-0.05, 0) is 127 Å². The summed E-state index contributed by atoms with van der Waals surface area (Å²) in [5.41, 5.74) is 8.78. The summed E-state index contributed by atoms with van der Waals surface area (Å²) in [6.45, 7) is 0. The smallest absolute Gasteiger partial charge is 0.193 e. The second-order valence-electron chi connectivity index (χ2n) is 17.6. The molecule has 0 spiro atoms. The molecule has 10 aromatic carbocycles. The van der Waals surface area contributed by atoms with Gasteiger partial charge in [-0.3, -0.25) is 14.4 Å². The number of para-hydroxylation sites is 12. The summed E-state index contributed by atoms with van der Waals surface area (Å²) >= 11 is 0. The quantitative estimate of drug-likeness (QED) is 0.131. The van der Waals surface area contributed by atoms with Crippen LogP contribution >= 0.6 is 0 Å². The van der Waals surface area contributed by atoms with Crippen LogP contribution in [0.2, 0.25) is 0 Å². The molecule has 10 aromatic rings. The molecule has 0 fully saturated rings. The number of carbonyl (C=O) groups excluding carboxylic acids is 3. The number of carbonyl (C=O) groups is 3. The molecule has 9 heteroatoms. The van der Waals surface area contributed by atoms with Crippen LogP contribution in [0.15, 0.2) is 237 Å². The molecule has 0 radical (unpaired) electrons. The van der Waals surface area contributed by atoms with Gasteiger partial charge in [0, 0.05) is 50.4 Å². The molecule has 9 nitrogen and oxygen atoms in total. The lowest BCUT2D eigenvalue weighted by Crippen LogP contribution is -2.17. The number of anilines is 9. The third kappa shape index (κ3) is 7.23. The highest BCUT2D eigenvalue weighted by atomic mass is 16.5. The maximum atomic E-state index is 15.1. The number of ether oxygens (including phenoxy) is 3. The van der Waals surface area contributed by atoms with Crippen molar-refractivity contribution in [2.24, 2.45) is 0 Å². The first-order valence-corrected chi connectivity index (χ1v) is 23.5. The Bertz CT molecular complexity index is 3320. The van der Waals surface area contributed by atoms with Crippen LogP contribution in [0, 0.1) is 0 Å². The number of nitrogens with zero attached hydrogens (tertiary/aromatic N) is 3. The number of benzene rings is 10. The van der Waals surface area contributed by atoms with E-state index in [0.29, 0.717) is 51.2 Å². The second kappa shape index (κ2) is 17.2. The van der Waals surface area contributed by atoms with Crippen molar-refractivity contribution in [2.75, 3.05) is 14.7 Å². The lowest BCUT2D eigenvalue weighted by atomic mass is 9.91. The number of fused-ring (bicyclic) bond motifs is 6. The average Bonchev–Trinajstić information content (AvgIpc) is 3.44. The summed E-state index contributed by atoms with van der Waals surface area (Å²) < 4.78 is 18.8. The topological polar surface area (TPSA) is 88.6 Å². The molecule has 0 bridgehead atoms. The Hall–Kier alpha value is -9.99. The van der Waals surface area contributed by atoms with Gasteiger partial charge in [0.05, 0.1) is 34.1 Å². The third-order valence-corrected chi connectivity index (χ3v) is 13.1. The van der Waals surface area contributed by atoms with E-state index in [0.717, 1.165) is 51.2 Å². The molecular formula is C63H39N3O6. The Balaban J connectivity index is 0.916. The van der Waals surface area contributed by atoms with Crippen molar-refractivity contribution in [1.29, 1.82) is 0 Å². The normalized spacial score (nSPS) is 12.6. The SMILES string of the molecule is O=C(c1cc(C(=O)c2cccc(N3c4ccccc4Oc4ccccc43)c2)cc(C(=O)c2cccc(N3c4ccccc4Oc4ccccc43)c2)c1)c1cccc(N2c3ccccc3Oc3ccccc32)c1. The van der Waals surface area contributed by atoms with Crippen molar-refractivity contribution in [3.63, 3.8) is 0 Å². The minimum absolute atomic E-state index is 0.184. The van der Waals surface area contributed by atoms with Gasteiger partial charge in [0.15, 0.2) is 51.8 Å². The van der Waals surface area contributed by atoms with E-state index >= 15 is 14.4 Å². The van der Waals surface area contributed by atoms with Crippen LogP contribution in [0.25, 0.3) is 0 Å². The van der Waals surface area contributed by atoms with Crippen LogP contribution in [0.4, 0.5) is 51.2 Å². The molecule has 0 saturated heterocycles. The lowest BCUT2D eigenvalue weighted by Gasteiger charge is -2.33. The standard InChI is InChI=1S/C63H39N3O6/c67-61(40-16-13-19-46(37-40)64-49-22-1-7-28-55(49)70-56-29-8-2-23-50(56)64)43-34-44(62(68)41-17-14-20-47(38-41)65-51-24-3-9-30-57(51)71-58-31-10-4-25-52(58)65)36-45(35-43)63(69)42-18-15-21-48(39-42)66-53-26-5-11-32-59(53)72-60-33-12-6-27-54(60)66/h1-39H. The lowest BCUT2D eigenvalue weighted by molar-refractivity contribution is 0.103. The predicted octanol–water partition coefficient (Wildman–Crippen LogP) is 16.1.